The van der Waals surface area contributed by atoms with Crippen molar-refractivity contribution < 1.29 is 18.7 Å². The Bertz CT molecular complexity index is 438. The Morgan fingerprint density at radius 2 is 2.32 bits per heavy atom. The molecule has 0 spiro atoms. The molecule has 1 saturated heterocycles. The minimum Gasteiger partial charge on any atom is -0.384 e. The molecular weight excluding hydrogens is 249 g/mol. The van der Waals surface area contributed by atoms with Crippen LogP contribution in [0.5, 0.6) is 0 Å². The summed E-state index contributed by atoms with van der Waals surface area (Å²) in [5.41, 5.74) is 0.506. The van der Waals surface area contributed by atoms with Gasteiger partial charge in [0.05, 0.1) is 26.2 Å². The summed E-state index contributed by atoms with van der Waals surface area (Å²) in [5, 5.41) is 0. The third-order valence-electron chi connectivity index (χ3n) is 3.19. The van der Waals surface area contributed by atoms with Gasteiger partial charge >= 0.3 is 0 Å². The third-order valence-corrected chi connectivity index (χ3v) is 3.19. The maximum absolute atomic E-state index is 13.7. The summed E-state index contributed by atoms with van der Waals surface area (Å²) in [6.45, 7) is 1.77. The SMILES string of the molecule is COCCC(=O)N1CCOC(c2ccccc2F)C1. The van der Waals surface area contributed by atoms with Crippen molar-refractivity contribution in [3.63, 3.8) is 0 Å². The summed E-state index contributed by atoms with van der Waals surface area (Å²) in [6, 6.07) is 6.52. The standard InChI is InChI=1S/C14H18FNO3/c1-18-8-6-14(17)16-7-9-19-13(10-16)11-4-2-3-5-12(11)15/h2-5,13H,6-10H2,1H3. The number of morpholine rings is 1. The van der Waals surface area contributed by atoms with E-state index in [1.54, 1.807) is 30.2 Å². The number of carbonyl (C=O) groups excluding carboxylic acids is 1. The fourth-order valence-corrected chi connectivity index (χ4v) is 2.15. The first-order valence-corrected chi connectivity index (χ1v) is 6.35. The summed E-state index contributed by atoms with van der Waals surface area (Å²) < 4.78 is 24.2. The van der Waals surface area contributed by atoms with E-state index in [1.165, 1.54) is 6.07 Å². The first-order chi connectivity index (χ1) is 9.22. The summed E-state index contributed by atoms with van der Waals surface area (Å²) in [7, 11) is 1.56. The molecule has 1 unspecified atom stereocenters. The van der Waals surface area contributed by atoms with Crippen LogP contribution >= 0.6 is 0 Å². The van der Waals surface area contributed by atoms with Crippen molar-refractivity contribution in [2.75, 3.05) is 33.4 Å². The van der Waals surface area contributed by atoms with Crippen LogP contribution < -0.4 is 0 Å². The molecule has 2 rings (SSSR count). The highest BCUT2D eigenvalue weighted by Gasteiger charge is 2.26. The lowest BCUT2D eigenvalue weighted by atomic mass is 10.1. The van der Waals surface area contributed by atoms with Crippen LogP contribution in [0.25, 0.3) is 0 Å². The largest absolute Gasteiger partial charge is 0.384 e. The number of benzene rings is 1. The van der Waals surface area contributed by atoms with Gasteiger partial charge in [0, 0.05) is 19.2 Å². The van der Waals surface area contributed by atoms with Gasteiger partial charge in [0.25, 0.3) is 0 Å². The number of hydrogen-bond donors (Lipinski definition) is 0. The van der Waals surface area contributed by atoms with E-state index in [0.29, 0.717) is 38.3 Å². The van der Waals surface area contributed by atoms with Gasteiger partial charge in [0.1, 0.15) is 11.9 Å². The second-order valence-corrected chi connectivity index (χ2v) is 4.46. The van der Waals surface area contributed by atoms with Gasteiger partial charge in [0.15, 0.2) is 0 Å². The van der Waals surface area contributed by atoms with Crippen LogP contribution in [-0.2, 0) is 14.3 Å². The number of nitrogens with zero attached hydrogens (tertiary/aromatic N) is 1. The Morgan fingerprint density at radius 3 is 3.05 bits per heavy atom. The van der Waals surface area contributed by atoms with Crippen LogP contribution in [0.2, 0.25) is 0 Å². The lowest BCUT2D eigenvalue weighted by molar-refractivity contribution is -0.140. The van der Waals surface area contributed by atoms with E-state index in [9.17, 15) is 9.18 Å². The molecule has 1 aromatic carbocycles. The molecule has 0 bridgehead atoms. The van der Waals surface area contributed by atoms with E-state index >= 15 is 0 Å². The van der Waals surface area contributed by atoms with Gasteiger partial charge in [-0.25, -0.2) is 4.39 Å². The number of halogens is 1. The molecule has 4 nitrogen and oxygen atoms in total. The summed E-state index contributed by atoms with van der Waals surface area (Å²) >= 11 is 0. The van der Waals surface area contributed by atoms with E-state index in [2.05, 4.69) is 0 Å². The topological polar surface area (TPSA) is 38.8 Å². The molecular formula is C14H18FNO3. The maximum Gasteiger partial charge on any atom is 0.225 e. The Balaban J connectivity index is 2.01. The number of hydrogen-bond acceptors (Lipinski definition) is 3. The van der Waals surface area contributed by atoms with Gasteiger partial charge in [-0.15, -0.1) is 0 Å². The normalized spacial score (nSPS) is 19.5. The molecule has 1 aliphatic rings. The molecule has 1 amide bonds. The van der Waals surface area contributed by atoms with Gasteiger partial charge < -0.3 is 14.4 Å². The van der Waals surface area contributed by atoms with Crippen LogP contribution in [0.4, 0.5) is 4.39 Å². The van der Waals surface area contributed by atoms with Crippen molar-refractivity contribution >= 4 is 5.91 Å². The molecule has 0 saturated carbocycles. The quantitative estimate of drug-likeness (QED) is 0.834. The minimum atomic E-state index is -0.388. The highest BCUT2D eigenvalue weighted by molar-refractivity contribution is 5.76. The molecule has 0 aromatic heterocycles. The molecule has 104 valence electrons. The van der Waals surface area contributed by atoms with E-state index in [-0.39, 0.29) is 17.8 Å². The Morgan fingerprint density at radius 1 is 1.53 bits per heavy atom. The first kappa shape index (κ1) is 14.0. The van der Waals surface area contributed by atoms with Crippen LogP contribution in [0, 0.1) is 5.82 Å². The van der Waals surface area contributed by atoms with Gasteiger partial charge in [-0.2, -0.15) is 0 Å². The fraction of sp³-hybridized carbons (Fsp3) is 0.500. The summed E-state index contributed by atoms with van der Waals surface area (Å²) in [6.07, 6.45) is -0.0398. The number of rotatable bonds is 4. The second kappa shape index (κ2) is 6.63. The van der Waals surface area contributed by atoms with Gasteiger partial charge in [0.2, 0.25) is 5.91 Å². The van der Waals surface area contributed by atoms with Crippen LogP contribution in [0.3, 0.4) is 0 Å². The molecule has 0 aliphatic carbocycles. The van der Waals surface area contributed by atoms with Crippen molar-refractivity contribution in [3.05, 3.63) is 35.6 Å². The van der Waals surface area contributed by atoms with Gasteiger partial charge in [-0.05, 0) is 6.07 Å². The predicted octanol–water partition coefficient (Wildman–Crippen LogP) is 1.76. The van der Waals surface area contributed by atoms with Crippen LogP contribution in [0.1, 0.15) is 18.1 Å². The molecule has 0 N–H and O–H groups in total. The zero-order valence-corrected chi connectivity index (χ0v) is 11.0. The summed E-state index contributed by atoms with van der Waals surface area (Å²) in [4.78, 5) is 13.6. The lowest BCUT2D eigenvalue weighted by Crippen LogP contribution is -2.42. The smallest absolute Gasteiger partial charge is 0.225 e. The van der Waals surface area contributed by atoms with Crippen molar-refractivity contribution in [1.29, 1.82) is 0 Å². The van der Waals surface area contributed by atoms with Crippen molar-refractivity contribution in [2.45, 2.75) is 12.5 Å². The minimum absolute atomic E-state index is 0.0199. The Hall–Kier alpha value is -1.46. The van der Waals surface area contributed by atoms with E-state index in [4.69, 9.17) is 9.47 Å². The molecule has 1 aromatic rings. The molecule has 19 heavy (non-hydrogen) atoms. The number of methoxy groups -OCH3 is 1. The molecule has 1 aliphatic heterocycles. The van der Waals surface area contributed by atoms with Crippen molar-refractivity contribution in [1.82, 2.24) is 4.90 Å². The number of amides is 1. The molecule has 1 atom stereocenters. The molecule has 0 radical (unpaired) electrons. The van der Waals surface area contributed by atoms with E-state index in [0.717, 1.165) is 0 Å². The number of carbonyl (C=O) groups is 1. The fourth-order valence-electron chi connectivity index (χ4n) is 2.15. The second-order valence-electron chi connectivity index (χ2n) is 4.46. The van der Waals surface area contributed by atoms with E-state index < -0.39 is 0 Å². The Kier molecular flexibility index (Phi) is 4.87. The third kappa shape index (κ3) is 3.52. The average Bonchev–Trinajstić information content (AvgIpc) is 2.45. The highest BCUT2D eigenvalue weighted by Crippen LogP contribution is 2.24. The Labute approximate surface area is 112 Å². The maximum atomic E-state index is 13.7. The van der Waals surface area contributed by atoms with Crippen LogP contribution in [0.15, 0.2) is 24.3 Å². The zero-order chi connectivity index (χ0) is 13.7. The molecule has 5 heteroatoms. The zero-order valence-electron chi connectivity index (χ0n) is 11.0. The number of ether oxygens (including phenoxy) is 2. The predicted molar refractivity (Wildman–Crippen MR) is 68.2 cm³/mol. The average molecular weight is 267 g/mol. The van der Waals surface area contributed by atoms with Gasteiger partial charge in [-0.3, -0.25) is 4.79 Å². The van der Waals surface area contributed by atoms with Crippen LogP contribution in [-0.4, -0.2) is 44.2 Å². The molecule has 1 heterocycles. The highest BCUT2D eigenvalue weighted by atomic mass is 19.1. The molecule has 1 fully saturated rings. The van der Waals surface area contributed by atoms with Crippen molar-refractivity contribution in [2.24, 2.45) is 0 Å². The monoisotopic (exact) mass is 267 g/mol. The summed E-state index contributed by atoms with van der Waals surface area (Å²) in [5.74, 6) is -0.273. The first-order valence-electron chi connectivity index (χ1n) is 6.35. The lowest BCUT2D eigenvalue weighted by Gasteiger charge is -2.33. The van der Waals surface area contributed by atoms with Crippen molar-refractivity contribution in [3.8, 4) is 0 Å². The van der Waals surface area contributed by atoms with Gasteiger partial charge in [-0.1, -0.05) is 18.2 Å². The van der Waals surface area contributed by atoms with E-state index in [1.807, 2.05) is 0 Å².